The van der Waals surface area contributed by atoms with Crippen molar-refractivity contribution in [2.45, 2.75) is 33.3 Å². The molecular weight excluding hydrogens is 510 g/mol. The molecule has 0 aromatic heterocycles. The molecular formula is C26H27F2O6S2+. The van der Waals surface area contributed by atoms with Gasteiger partial charge in [0.05, 0.1) is 29.5 Å². The molecule has 0 amide bonds. The van der Waals surface area contributed by atoms with Crippen LogP contribution in [0.1, 0.15) is 13.3 Å². The third kappa shape index (κ3) is 6.70. The van der Waals surface area contributed by atoms with Gasteiger partial charge in [-0.05, 0) is 42.8 Å². The lowest BCUT2D eigenvalue weighted by Gasteiger charge is -2.40. The molecule has 0 saturated carbocycles. The summed E-state index contributed by atoms with van der Waals surface area (Å²) in [6.45, 7) is 1.91. The van der Waals surface area contributed by atoms with Gasteiger partial charge >= 0.3 is 21.3 Å². The van der Waals surface area contributed by atoms with E-state index in [0.29, 0.717) is 6.42 Å². The average Bonchev–Trinajstić information content (AvgIpc) is 2.85. The zero-order valence-electron chi connectivity index (χ0n) is 19.5. The molecule has 0 aliphatic carbocycles. The molecule has 0 radical (unpaired) electrons. The third-order valence-corrected chi connectivity index (χ3v) is 8.62. The Bertz CT molecular complexity index is 1120. The molecule has 1 aliphatic rings. The summed E-state index contributed by atoms with van der Waals surface area (Å²) >= 11 is 0. The maximum atomic E-state index is 12.8. The standard InChI is InChI=1S/C18H15S.C8H12F2O6S/c1-4-10-16(11-5-1)19(17-12-6-2-7-13-17)18-14-8-3-9-15-18;1-2-7(3-15-4-7)5-16-6(11)8(9,10)17(12,13)14/h1-15H;2-5H2,1H3,(H,12,13,14)/q+1;. The molecule has 192 valence electrons. The largest absolute Gasteiger partial charge is 0.465 e. The number of hydrogen-bond donors (Lipinski definition) is 1. The fraction of sp³-hybridized carbons (Fsp3) is 0.269. The molecule has 1 heterocycles. The van der Waals surface area contributed by atoms with Crippen LogP contribution in [0.4, 0.5) is 8.78 Å². The van der Waals surface area contributed by atoms with Gasteiger partial charge in [-0.2, -0.15) is 17.2 Å². The number of benzene rings is 3. The Labute approximate surface area is 212 Å². The Morgan fingerprint density at radius 3 is 1.58 bits per heavy atom. The summed E-state index contributed by atoms with van der Waals surface area (Å²) in [6.07, 6.45) is 0.539. The maximum Gasteiger partial charge on any atom is 0.465 e. The van der Waals surface area contributed by atoms with Crippen LogP contribution in [0.25, 0.3) is 0 Å². The lowest BCUT2D eigenvalue weighted by atomic mass is 9.84. The quantitative estimate of drug-likeness (QED) is 0.241. The SMILES string of the molecule is CCC1(COC(=O)C(F)(F)S(=O)(=O)O)COC1.c1ccc([S+](c2ccccc2)c2ccccc2)cc1. The number of esters is 1. The number of ether oxygens (including phenoxy) is 2. The normalized spacial score (nSPS) is 14.8. The molecule has 1 fully saturated rings. The number of halogens is 2. The zero-order chi connectivity index (χ0) is 26.2. The van der Waals surface area contributed by atoms with Crippen LogP contribution in [0.15, 0.2) is 106 Å². The van der Waals surface area contributed by atoms with Crippen LogP contribution in [0.3, 0.4) is 0 Å². The first-order valence-electron chi connectivity index (χ1n) is 11.1. The fourth-order valence-electron chi connectivity index (χ4n) is 3.27. The zero-order valence-corrected chi connectivity index (χ0v) is 21.2. The van der Waals surface area contributed by atoms with Crippen molar-refractivity contribution in [2.24, 2.45) is 5.41 Å². The van der Waals surface area contributed by atoms with Crippen LogP contribution >= 0.6 is 0 Å². The van der Waals surface area contributed by atoms with Crippen molar-refractivity contribution in [2.75, 3.05) is 19.8 Å². The first kappa shape index (κ1) is 27.8. The van der Waals surface area contributed by atoms with E-state index < -0.39 is 26.8 Å². The van der Waals surface area contributed by atoms with Crippen LogP contribution in [0, 0.1) is 5.41 Å². The average molecular weight is 538 g/mol. The van der Waals surface area contributed by atoms with Crippen LogP contribution in [-0.2, 0) is 35.3 Å². The number of alkyl halides is 2. The predicted molar refractivity (Wildman–Crippen MR) is 132 cm³/mol. The summed E-state index contributed by atoms with van der Waals surface area (Å²) in [4.78, 5) is 14.9. The Hall–Kier alpha value is -2.79. The highest BCUT2D eigenvalue weighted by Gasteiger charge is 2.55. The third-order valence-electron chi connectivity index (χ3n) is 5.57. The lowest BCUT2D eigenvalue weighted by Crippen LogP contribution is -2.48. The summed E-state index contributed by atoms with van der Waals surface area (Å²) in [7, 11) is -5.82. The number of hydrogen-bond acceptors (Lipinski definition) is 5. The highest BCUT2D eigenvalue weighted by atomic mass is 32.2. The van der Waals surface area contributed by atoms with Gasteiger partial charge < -0.3 is 9.47 Å². The number of rotatable bonds is 8. The summed E-state index contributed by atoms with van der Waals surface area (Å²) in [6, 6.07) is 32.2. The molecule has 3 aromatic carbocycles. The molecule has 1 N–H and O–H groups in total. The van der Waals surface area contributed by atoms with E-state index >= 15 is 0 Å². The van der Waals surface area contributed by atoms with Gasteiger partial charge in [-0.25, -0.2) is 4.79 Å². The molecule has 4 rings (SSSR count). The van der Waals surface area contributed by atoms with Gasteiger partial charge in [-0.1, -0.05) is 61.5 Å². The first-order chi connectivity index (χ1) is 17.1. The second-order valence-electron chi connectivity index (χ2n) is 8.16. The van der Waals surface area contributed by atoms with E-state index in [9.17, 15) is 22.0 Å². The van der Waals surface area contributed by atoms with Crippen LogP contribution in [-0.4, -0.2) is 44.0 Å². The monoisotopic (exact) mass is 537 g/mol. The minimum Gasteiger partial charge on any atom is -0.460 e. The van der Waals surface area contributed by atoms with Crippen molar-refractivity contribution in [1.82, 2.24) is 0 Å². The molecule has 0 spiro atoms. The number of carbonyl (C=O) groups excluding carboxylic acids is 1. The molecule has 10 heteroatoms. The summed E-state index contributed by atoms with van der Waals surface area (Å²) in [5.74, 6) is -2.28. The van der Waals surface area contributed by atoms with Crippen LogP contribution in [0.2, 0.25) is 0 Å². The lowest BCUT2D eigenvalue weighted by molar-refractivity contribution is -0.183. The smallest absolute Gasteiger partial charge is 0.460 e. The molecule has 0 atom stereocenters. The van der Waals surface area contributed by atoms with Crippen molar-refractivity contribution >= 4 is 27.0 Å². The van der Waals surface area contributed by atoms with Crippen molar-refractivity contribution < 1.29 is 36.0 Å². The molecule has 0 bridgehead atoms. The highest BCUT2D eigenvalue weighted by molar-refractivity contribution is 7.97. The second kappa shape index (κ2) is 12.0. The molecule has 6 nitrogen and oxygen atoms in total. The summed E-state index contributed by atoms with van der Waals surface area (Å²) in [5.41, 5.74) is -0.537. The Kier molecular flexibility index (Phi) is 9.24. The Morgan fingerprint density at radius 2 is 1.31 bits per heavy atom. The predicted octanol–water partition coefficient (Wildman–Crippen LogP) is 5.22. The number of carbonyl (C=O) groups is 1. The Balaban J connectivity index is 0.000000202. The van der Waals surface area contributed by atoms with E-state index in [-0.39, 0.29) is 30.7 Å². The maximum absolute atomic E-state index is 12.8. The van der Waals surface area contributed by atoms with Crippen molar-refractivity contribution in [3.8, 4) is 0 Å². The van der Waals surface area contributed by atoms with Crippen LogP contribution in [0.5, 0.6) is 0 Å². The first-order valence-corrected chi connectivity index (χ1v) is 13.8. The minimum absolute atomic E-state index is 0.0146. The van der Waals surface area contributed by atoms with E-state index in [0.717, 1.165) is 0 Å². The van der Waals surface area contributed by atoms with E-state index in [1.165, 1.54) is 14.7 Å². The molecule has 0 unspecified atom stereocenters. The topological polar surface area (TPSA) is 89.9 Å². The molecule has 1 saturated heterocycles. The van der Waals surface area contributed by atoms with E-state index in [2.05, 4.69) is 95.7 Å². The van der Waals surface area contributed by atoms with Gasteiger partial charge in [0, 0.05) is 0 Å². The van der Waals surface area contributed by atoms with Gasteiger partial charge in [-0.3, -0.25) is 4.55 Å². The summed E-state index contributed by atoms with van der Waals surface area (Å²) in [5, 5.41) is -4.94. The molecule has 36 heavy (non-hydrogen) atoms. The molecule has 3 aromatic rings. The molecule has 1 aliphatic heterocycles. The van der Waals surface area contributed by atoms with Crippen molar-refractivity contribution in [3.63, 3.8) is 0 Å². The Morgan fingerprint density at radius 1 is 0.917 bits per heavy atom. The van der Waals surface area contributed by atoms with Gasteiger partial charge in [0.1, 0.15) is 6.61 Å². The van der Waals surface area contributed by atoms with E-state index in [1.54, 1.807) is 6.92 Å². The fourth-order valence-corrected chi connectivity index (χ4v) is 5.64. The van der Waals surface area contributed by atoms with Gasteiger partial charge in [0.25, 0.3) is 0 Å². The highest BCUT2D eigenvalue weighted by Crippen LogP contribution is 2.33. The van der Waals surface area contributed by atoms with Gasteiger partial charge in [-0.15, -0.1) is 0 Å². The van der Waals surface area contributed by atoms with E-state index in [1.807, 2.05) is 0 Å². The van der Waals surface area contributed by atoms with E-state index in [4.69, 9.17) is 9.29 Å². The van der Waals surface area contributed by atoms with Crippen molar-refractivity contribution in [1.29, 1.82) is 0 Å². The minimum atomic E-state index is -5.80. The van der Waals surface area contributed by atoms with Crippen LogP contribution < -0.4 is 0 Å². The summed E-state index contributed by atoms with van der Waals surface area (Å²) < 4.78 is 63.3. The van der Waals surface area contributed by atoms with Gasteiger partial charge in [0.15, 0.2) is 14.7 Å². The van der Waals surface area contributed by atoms with Crippen molar-refractivity contribution in [3.05, 3.63) is 91.0 Å². The van der Waals surface area contributed by atoms with Gasteiger partial charge in [0.2, 0.25) is 0 Å². The second-order valence-corrected chi connectivity index (χ2v) is 11.6.